The molecule has 1 N–H and O–H groups in total. The molecule has 1 saturated heterocycles. The summed E-state index contributed by atoms with van der Waals surface area (Å²) in [6.45, 7) is 12.3. The van der Waals surface area contributed by atoms with E-state index in [9.17, 15) is 4.79 Å². The van der Waals surface area contributed by atoms with Gasteiger partial charge in [-0.05, 0) is 57.0 Å². The molecule has 1 saturated carbocycles. The predicted octanol–water partition coefficient (Wildman–Crippen LogP) is 3.87. The van der Waals surface area contributed by atoms with Crippen molar-refractivity contribution in [3.63, 3.8) is 0 Å². The predicted molar refractivity (Wildman–Crippen MR) is 119 cm³/mol. The van der Waals surface area contributed by atoms with Gasteiger partial charge < -0.3 is 15.0 Å². The number of hydrogen-bond acceptors (Lipinski definition) is 4. The molecule has 0 aromatic heterocycles. The Bertz CT molecular complexity index is 683. The van der Waals surface area contributed by atoms with E-state index >= 15 is 0 Å². The number of aryl methyl sites for hydroxylation is 1. The molecule has 1 heterocycles. The van der Waals surface area contributed by atoms with Gasteiger partial charge in [-0.2, -0.15) is 0 Å². The quantitative estimate of drug-likeness (QED) is 0.725. The van der Waals surface area contributed by atoms with E-state index < -0.39 is 6.10 Å². The van der Waals surface area contributed by atoms with E-state index in [1.807, 2.05) is 32.0 Å². The number of ether oxygens (including phenoxy) is 1. The number of likely N-dealkylation sites (N-methyl/N-ethyl adjacent to an activating group) is 1. The first-order valence-corrected chi connectivity index (χ1v) is 11.5. The van der Waals surface area contributed by atoms with E-state index in [0.717, 1.165) is 38.3 Å². The van der Waals surface area contributed by atoms with Gasteiger partial charge in [0.15, 0.2) is 6.10 Å². The molecule has 2 fully saturated rings. The molecule has 1 aromatic carbocycles. The largest absolute Gasteiger partial charge is 0.481 e. The minimum Gasteiger partial charge on any atom is -0.481 e. The molecule has 1 amide bonds. The highest BCUT2D eigenvalue weighted by Crippen LogP contribution is 2.34. The van der Waals surface area contributed by atoms with Crippen molar-refractivity contribution in [2.24, 2.45) is 0 Å². The van der Waals surface area contributed by atoms with Crippen molar-refractivity contribution in [2.75, 3.05) is 39.3 Å². The van der Waals surface area contributed by atoms with Crippen LogP contribution in [0.3, 0.4) is 0 Å². The molecule has 0 spiro atoms. The number of rotatable bonds is 7. The van der Waals surface area contributed by atoms with E-state index in [4.69, 9.17) is 16.3 Å². The van der Waals surface area contributed by atoms with Gasteiger partial charge in [-0.1, -0.05) is 37.8 Å². The van der Waals surface area contributed by atoms with Crippen LogP contribution >= 0.6 is 11.6 Å². The lowest BCUT2D eigenvalue weighted by atomic mass is 9.79. The summed E-state index contributed by atoms with van der Waals surface area (Å²) in [5, 5.41) is 3.92. The van der Waals surface area contributed by atoms with Crippen molar-refractivity contribution < 1.29 is 9.53 Å². The van der Waals surface area contributed by atoms with Gasteiger partial charge in [0.1, 0.15) is 5.75 Å². The standard InChI is InChI=1S/C23H36ClN3O2/c1-4-26-12-14-27(15-13-26)23(10-6-5-7-11-23)17-25-22(28)19(3)29-20-8-9-21(24)18(2)16-20/h8-9,16,19H,4-7,10-15,17H2,1-3H3,(H,25,28). The van der Waals surface area contributed by atoms with Crippen molar-refractivity contribution in [1.82, 2.24) is 15.1 Å². The molecule has 1 aliphatic carbocycles. The van der Waals surface area contributed by atoms with Crippen LogP contribution in [0.5, 0.6) is 5.75 Å². The number of nitrogens with zero attached hydrogens (tertiary/aromatic N) is 2. The average Bonchev–Trinajstić information content (AvgIpc) is 2.75. The third kappa shape index (κ3) is 5.65. The summed E-state index contributed by atoms with van der Waals surface area (Å²) in [6.07, 6.45) is 5.61. The highest BCUT2D eigenvalue weighted by atomic mass is 35.5. The Labute approximate surface area is 180 Å². The SMILES string of the molecule is CCN1CCN(C2(CNC(=O)C(C)Oc3ccc(Cl)c(C)c3)CCCCC2)CC1. The zero-order valence-electron chi connectivity index (χ0n) is 18.2. The number of piperazine rings is 1. The lowest BCUT2D eigenvalue weighted by molar-refractivity contribution is -0.128. The van der Waals surface area contributed by atoms with E-state index in [1.54, 1.807) is 0 Å². The van der Waals surface area contributed by atoms with Gasteiger partial charge in [-0.15, -0.1) is 0 Å². The number of carbonyl (C=O) groups is 1. The lowest BCUT2D eigenvalue weighted by Gasteiger charge is -2.50. The van der Waals surface area contributed by atoms with Crippen LogP contribution < -0.4 is 10.1 Å². The van der Waals surface area contributed by atoms with Crippen LogP contribution in [-0.2, 0) is 4.79 Å². The molecule has 1 aromatic rings. The Morgan fingerprint density at radius 1 is 1.21 bits per heavy atom. The molecule has 3 rings (SSSR count). The van der Waals surface area contributed by atoms with Crippen LogP contribution in [0.1, 0.15) is 51.5 Å². The normalized spacial score (nSPS) is 21.5. The van der Waals surface area contributed by atoms with Crippen LogP contribution in [0.2, 0.25) is 5.02 Å². The van der Waals surface area contributed by atoms with Crippen LogP contribution in [0, 0.1) is 6.92 Å². The first-order valence-electron chi connectivity index (χ1n) is 11.1. The number of nitrogens with one attached hydrogen (secondary N) is 1. The Morgan fingerprint density at radius 2 is 1.90 bits per heavy atom. The molecule has 0 bridgehead atoms. The third-order valence-corrected chi connectivity index (χ3v) is 7.10. The second-order valence-electron chi connectivity index (χ2n) is 8.60. The molecule has 1 atom stereocenters. The molecular weight excluding hydrogens is 386 g/mol. The highest BCUT2D eigenvalue weighted by molar-refractivity contribution is 6.31. The molecule has 1 unspecified atom stereocenters. The topological polar surface area (TPSA) is 44.8 Å². The number of amides is 1. The molecule has 162 valence electrons. The number of halogens is 1. The Morgan fingerprint density at radius 3 is 2.52 bits per heavy atom. The van der Waals surface area contributed by atoms with E-state index in [2.05, 4.69) is 22.0 Å². The van der Waals surface area contributed by atoms with Gasteiger partial charge in [0.05, 0.1) is 0 Å². The first kappa shape index (κ1) is 22.4. The minimum absolute atomic E-state index is 0.0465. The summed E-state index contributed by atoms with van der Waals surface area (Å²) in [7, 11) is 0. The maximum Gasteiger partial charge on any atom is 0.260 e. The Hall–Kier alpha value is -1.30. The third-order valence-electron chi connectivity index (χ3n) is 6.68. The molecule has 5 nitrogen and oxygen atoms in total. The van der Waals surface area contributed by atoms with Gasteiger partial charge in [0, 0.05) is 43.3 Å². The summed E-state index contributed by atoms with van der Waals surface area (Å²) < 4.78 is 5.87. The smallest absolute Gasteiger partial charge is 0.260 e. The first-order chi connectivity index (χ1) is 13.9. The average molecular weight is 422 g/mol. The van der Waals surface area contributed by atoms with Gasteiger partial charge >= 0.3 is 0 Å². The minimum atomic E-state index is -0.534. The molecule has 2 aliphatic rings. The van der Waals surface area contributed by atoms with Crippen molar-refractivity contribution in [2.45, 2.75) is 64.5 Å². The molecule has 29 heavy (non-hydrogen) atoms. The molecule has 0 radical (unpaired) electrons. The summed E-state index contributed by atoms with van der Waals surface area (Å²) in [4.78, 5) is 17.9. The molecule has 6 heteroatoms. The van der Waals surface area contributed by atoms with Gasteiger partial charge in [-0.3, -0.25) is 9.69 Å². The van der Waals surface area contributed by atoms with Crippen LogP contribution in [-0.4, -0.2) is 66.6 Å². The number of benzene rings is 1. The van der Waals surface area contributed by atoms with E-state index in [1.165, 1.54) is 32.1 Å². The van der Waals surface area contributed by atoms with Gasteiger partial charge in [-0.25, -0.2) is 0 Å². The summed E-state index contributed by atoms with van der Waals surface area (Å²) in [6, 6.07) is 5.50. The van der Waals surface area contributed by atoms with Crippen molar-refractivity contribution >= 4 is 17.5 Å². The van der Waals surface area contributed by atoms with Crippen molar-refractivity contribution in [1.29, 1.82) is 0 Å². The summed E-state index contributed by atoms with van der Waals surface area (Å²) in [5.41, 5.74) is 1.05. The molecule has 1 aliphatic heterocycles. The fraction of sp³-hybridized carbons (Fsp3) is 0.696. The lowest BCUT2D eigenvalue weighted by Crippen LogP contribution is -2.62. The highest BCUT2D eigenvalue weighted by Gasteiger charge is 2.39. The fourth-order valence-corrected chi connectivity index (χ4v) is 4.81. The number of carbonyl (C=O) groups excluding carboxylic acids is 1. The van der Waals surface area contributed by atoms with Crippen LogP contribution in [0.25, 0.3) is 0 Å². The van der Waals surface area contributed by atoms with Crippen LogP contribution in [0.15, 0.2) is 18.2 Å². The maximum atomic E-state index is 12.8. The second kappa shape index (κ2) is 10.1. The van der Waals surface area contributed by atoms with Gasteiger partial charge in [0.25, 0.3) is 5.91 Å². The zero-order chi connectivity index (χ0) is 20.9. The summed E-state index contributed by atoms with van der Waals surface area (Å²) in [5.74, 6) is 0.632. The maximum absolute atomic E-state index is 12.8. The number of hydrogen-bond donors (Lipinski definition) is 1. The zero-order valence-corrected chi connectivity index (χ0v) is 18.9. The Kier molecular flexibility index (Phi) is 7.83. The summed E-state index contributed by atoms with van der Waals surface area (Å²) >= 11 is 6.08. The van der Waals surface area contributed by atoms with E-state index in [-0.39, 0.29) is 11.4 Å². The molecular formula is C23H36ClN3O2. The van der Waals surface area contributed by atoms with Crippen molar-refractivity contribution in [3.05, 3.63) is 28.8 Å². The van der Waals surface area contributed by atoms with Crippen LogP contribution in [0.4, 0.5) is 0 Å². The Balaban J connectivity index is 1.58. The second-order valence-corrected chi connectivity index (χ2v) is 9.00. The fourth-order valence-electron chi connectivity index (χ4n) is 4.70. The van der Waals surface area contributed by atoms with Gasteiger partial charge in [0.2, 0.25) is 0 Å². The van der Waals surface area contributed by atoms with E-state index in [0.29, 0.717) is 17.3 Å². The van der Waals surface area contributed by atoms with Crippen molar-refractivity contribution in [3.8, 4) is 5.75 Å². The monoisotopic (exact) mass is 421 g/mol.